The molecule has 1 saturated carbocycles. The summed E-state index contributed by atoms with van der Waals surface area (Å²) >= 11 is 0. The number of aromatic amines is 2. The number of nitrogens with zero attached hydrogens (tertiary/aromatic N) is 10. The minimum atomic E-state index is -1.05. The van der Waals surface area contributed by atoms with Gasteiger partial charge in [0.1, 0.15) is 41.9 Å². The normalized spacial score (nSPS) is 20.6. The van der Waals surface area contributed by atoms with Crippen molar-refractivity contribution in [3.63, 3.8) is 0 Å². The van der Waals surface area contributed by atoms with Gasteiger partial charge in [-0.3, -0.25) is 33.7 Å². The Morgan fingerprint density at radius 3 is 2.45 bits per heavy atom. The van der Waals surface area contributed by atoms with E-state index in [-0.39, 0.29) is 67.7 Å². The van der Waals surface area contributed by atoms with Crippen molar-refractivity contribution < 1.29 is 43.5 Å². The summed E-state index contributed by atoms with van der Waals surface area (Å²) in [6.45, 7) is 11.0. The molecule has 4 aromatic carbocycles. The Hall–Kier alpha value is -8.35. The predicted octanol–water partition coefficient (Wildman–Crippen LogP) is 6.97. The summed E-state index contributed by atoms with van der Waals surface area (Å²) in [4.78, 5) is 62.9. The van der Waals surface area contributed by atoms with Crippen molar-refractivity contribution >= 4 is 61.2 Å². The summed E-state index contributed by atoms with van der Waals surface area (Å²) in [5, 5.41) is 53.6. The number of benzene rings is 4. The van der Waals surface area contributed by atoms with Crippen LogP contribution in [0.2, 0.25) is 0 Å². The molecule has 14 rings (SSSR count). The largest absolute Gasteiger partial charge is 0.486 e. The fourth-order valence-electron chi connectivity index (χ4n) is 14.1. The predicted molar refractivity (Wildman–Crippen MR) is 327 cm³/mol. The highest BCUT2D eigenvalue weighted by atomic mass is 19.1. The van der Waals surface area contributed by atoms with Crippen molar-refractivity contribution in [3.05, 3.63) is 118 Å². The lowest BCUT2D eigenvalue weighted by Gasteiger charge is -2.35. The molecule has 6 atom stereocenters. The molecule has 5 aliphatic rings. The van der Waals surface area contributed by atoms with Gasteiger partial charge in [-0.2, -0.15) is 25.3 Å². The highest BCUT2D eigenvalue weighted by Crippen LogP contribution is 2.54. The number of pyridine rings is 1. The highest BCUT2D eigenvalue weighted by Gasteiger charge is 2.46. The molecular weight excluding hydrogens is 1130 g/mol. The topological polar surface area (TPSA) is 267 Å². The Morgan fingerprint density at radius 1 is 0.898 bits per heavy atom. The molecule has 2 bridgehead atoms. The first-order valence-corrected chi connectivity index (χ1v) is 30.8. The molecule has 0 spiro atoms. The zero-order chi connectivity index (χ0) is 60.6. The monoisotopic (exact) mass is 1200 g/mol. The average Bonchev–Trinajstić information content (AvgIpc) is 1.57. The first-order valence-electron chi connectivity index (χ1n) is 30.8. The highest BCUT2D eigenvalue weighted by molar-refractivity contribution is 6.07. The lowest BCUT2D eigenvalue weighted by molar-refractivity contribution is -0.142. The van der Waals surface area contributed by atoms with Crippen molar-refractivity contribution in [2.45, 2.75) is 128 Å². The van der Waals surface area contributed by atoms with E-state index in [4.69, 9.17) is 29.3 Å². The molecule has 6 N–H and O–H groups in total. The second-order valence-corrected chi connectivity index (χ2v) is 24.7. The van der Waals surface area contributed by atoms with Gasteiger partial charge in [0.2, 0.25) is 11.8 Å². The van der Waals surface area contributed by atoms with E-state index in [9.17, 15) is 29.7 Å². The standard InChI is InChI=1S/C65H72FN13O9/c1-5-78-53(14-17-68-78)39-11-9-38(10-12-39)52(32-81)70-62(83)54-24-42(82)30-77(54)64(85)59(34(2)3)79-31-48-44-13-6-36(22-50(44)69-63(84)58(48)74-79)33-87-60-56(55-35(4)49(66)26-51-47(55)27-67-73-51)45(37-7-8-37)25-46-57(60)71-65(88-43-15-20-86-21-16-43)72-61(46)76-29-40-23-41(76)28-75(40)18-19-80/h6,9-14,17,22,25-27,31,34,37,40-43,52,54,59,80-82H,5,7-8,15-16,18-21,23-24,28-30,32-33H2,1-4H3,(H,67,73)(H,69,84)(H,70,83)/t40-,41-,42+,52-,54-,59?/m0/s1. The number of H-pyrrole nitrogens is 2. The molecule has 458 valence electrons. The second-order valence-electron chi connectivity index (χ2n) is 24.7. The maximum Gasteiger partial charge on any atom is 0.319 e. The van der Waals surface area contributed by atoms with E-state index in [1.165, 1.54) is 15.6 Å². The molecule has 23 heteroatoms. The zero-order valence-electron chi connectivity index (χ0n) is 49.7. The minimum absolute atomic E-state index is 0.00622. The molecule has 88 heavy (non-hydrogen) atoms. The Morgan fingerprint density at radius 2 is 1.72 bits per heavy atom. The first-order chi connectivity index (χ1) is 42.7. The number of aliphatic hydroxyl groups is 3. The van der Waals surface area contributed by atoms with Crippen LogP contribution < -0.4 is 25.2 Å². The quantitative estimate of drug-likeness (QED) is 0.0477. The van der Waals surface area contributed by atoms with Crippen molar-refractivity contribution in [2.24, 2.45) is 5.92 Å². The minimum Gasteiger partial charge on any atom is -0.486 e. The molecule has 22 nitrogen and oxygen atoms in total. The van der Waals surface area contributed by atoms with Crippen LogP contribution in [-0.4, -0.2) is 165 Å². The van der Waals surface area contributed by atoms with Crippen LogP contribution in [0.1, 0.15) is 99.6 Å². The van der Waals surface area contributed by atoms with E-state index in [0.717, 1.165) is 64.8 Å². The number of carbonyl (C=O) groups excluding carboxylic acids is 2. The number of carbonyl (C=O) groups is 2. The number of piperazine rings is 1. The zero-order valence-corrected chi connectivity index (χ0v) is 49.7. The SMILES string of the molecule is CCn1nccc1-c1ccc([C@H](CO)NC(=O)[C@@H]2C[C@@H](O)CN2C(=O)C(C(C)C)n2cc3c(n2)c(=O)[nH]c2cc(COc4c(-c5c(C)c(F)cc6[nH]ncc56)c(C5CC5)cc5c(N6C[C@@H]7C[C@H]6CN7CCO)nc(OC6CCOCC6)nc45)ccc23)cc1. The number of likely N-dealkylation sites (tertiary alicyclic amines) is 2. The summed E-state index contributed by atoms with van der Waals surface area (Å²) in [6, 6.07) is 16.5. The van der Waals surface area contributed by atoms with Crippen molar-refractivity contribution in [2.75, 3.05) is 57.5 Å². The third-order valence-corrected chi connectivity index (χ3v) is 18.7. The molecule has 9 aromatic rings. The van der Waals surface area contributed by atoms with Gasteiger partial charge < -0.3 is 49.6 Å². The third kappa shape index (κ3) is 10.4. The van der Waals surface area contributed by atoms with E-state index in [0.29, 0.717) is 101 Å². The number of fused-ring (bicyclic) bond motifs is 7. The lowest BCUT2D eigenvalue weighted by Crippen LogP contribution is -2.50. The van der Waals surface area contributed by atoms with E-state index < -0.39 is 54.0 Å². The molecule has 1 unspecified atom stereocenters. The molecule has 4 saturated heterocycles. The van der Waals surface area contributed by atoms with E-state index >= 15 is 4.39 Å². The molecule has 5 aromatic heterocycles. The van der Waals surface area contributed by atoms with Gasteiger partial charge in [-0.1, -0.05) is 50.2 Å². The number of hydrogen-bond acceptors (Lipinski definition) is 16. The Bertz CT molecular complexity index is 4210. The van der Waals surface area contributed by atoms with E-state index in [1.54, 1.807) is 25.5 Å². The van der Waals surface area contributed by atoms with Gasteiger partial charge in [0.15, 0.2) is 11.3 Å². The van der Waals surface area contributed by atoms with E-state index in [1.807, 2.05) is 74.0 Å². The van der Waals surface area contributed by atoms with Crippen LogP contribution in [0, 0.1) is 18.7 Å². The fraction of sp³-hybridized carbons (Fsp3) is 0.446. The second kappa shape index (κ2) is 23.3. The number of halogens is 1. The van der Waals surface area contributed by atoms with Gasteiger partial charge in [-0.15, -0.1) is 0 Å². The van der Waals surface area contributed by atoms with Gasteiger partial charge in [-0.25, -0.2) is 4.39 Å². The molecule has 9 heterocycles. The molecule has 0 radical (unpaired) electrons. The smallest absolute Gasteiger partial charge is 0.319 e. The molecule has 1 aliphatic carbocycles. The maximum absolute atomic E-state index is 16.3. The first kappa shape index (κ1) is 57.4. The number of aryl methyl sites for hydroxylation is 1. The number of aromatic nitrogens is 9. The number of hydrogen-bond donors (Lipinski definition) is 6. The number of amides is 2. The molecule has 5 fully saturated rings. The van der Waals surface area contributed by atoms with Crippen LogP contribution in [0.4, 0.5) is 10.2 Å². The van der Waals surface area contributed by atoms with Crippen LogP contribution in [0.25, 0.3) is 66.0 Å². The third-order valence-electron chi connectivity index (χ3n) is 18.7. The van der Waals surface area contributed by atoms with Gasteiger partial charge in [0, 0.05) is 115 Å². The number of anilines is 1. The van der Waals surface area contributed by atoms with Crippen LogP contribution in [0.3, 0.4) is 0 Å². The van der Waals surface area contributed by atoms with Crippen LogP contribution in [0.15, 0.2) is 84.0 Å². The summed E-state index contributed by atoms with van der Waals surface area (Å²) in [5.41, 5.74) is 7.24. The van der Waals surface area contributed by atoms with Crippen molar-refractivity contribution in [3.8, 4) is 34.1 Å². The number of aliphatic hydroxyl groups excluding tert-OH is 3. The Kier molecular flexibility index (Phi) is 15.2. The summed E-state index contributed by atoms with van der Waals surface area (Å²) in [7, 11) is 0. The van der Waals surface area contributed by atoms with Gasteiger partial charge >= 0.3 is 6.01 Å². The Balaban J connectivity index is 0.796. The number of nitrogens with one attached hydrogen (secondary N) is 3. The van der Waals surface area contributed by atoms with Crippen molar-refractivity contribution in [1.82, 2.24) is 59.8 Å². The molecule has 4 aliphatic heterocycles. The van der Waals surface area contributed by atoms with Gasteiger partial charge in [0.25, 0.3) is 5.56 Å². The number of rotatable bonds is 19. The number of β-amino-alcohol motifs (C(OH)–C–C–N with tert-alkyl or cyclic N) is 2. The van der Waals surface area contributed by atoms with Crippen molar-refractivity contribution in [1.29, 1.82) is 0 Å². The van der Waals surface area contributed by atoms with Crippen LogP contribution in [-0.2, 0) is 27.5 Å². The summed E-state index contributed by atoms with van der Waals surface area (Å²) in [5.74, 6) is -0.400. The molecule has 2 amide bonds. The van der Waals surface area contributed by atoms with Gasteiger partial charge in [-0.05, 0) is 97.0 Å². The summed E-state index contributed by atoms with van der Waals surface area (Å²) < 4.78 is 39.3. The average molecular weight is 1200 g/mol. The van der Waals surface area contributed by atoms with Gasteiger partial charge in [0.05, 0.1) is 56.0 Å². The molecular formula is C65H72FN13O9. The van der Waals surface area contributed by atoms with Crippen LogP contribution >= 0.6 is 0 Å². The van der Waals surface area contributed by atoms with E-state index in [2.05, 4.69) is 41.5 Å². The van der Waals surface area contributed by atoms with Crippen LogP contribution in [0.5, 0.6) is 11.8 Å². The Labute approximate surface area is 505 Å². The fourth-order valence-corrected chi connectivity index (χ4v) is 14.1. The number of ether oxygens (including phenoxy) is 3. The maximum atomic E-state index is 16.3. The lowest BCUT2D eigenvalue weighted by atomic mass is 9.88. The summed E-state index contributed by atoms with van der Waals surface area (Å²) in [6.07, 6.45) is 8.12.